The molecule has 2 rings (SSSR count). The summed E-state index contributed by atoms with van der Waals surface area (Å²) in [6, 6.07) is 11.8. The van der Waals surface area contributed by atoms with Crippen LogP contribution in [0.3, 0.4) is 0 Å². The van der Waals surface area contributed by atoms with Gasteiger partial charge in [-0.15, -0.1) is 0 Å². The summed E-state index contributed by atoms with van der Waals surface area (Å²) in [4.78, 5) is 11.2. The first-order chi connectivity index (χ1) is 9.97. The van der Waals surface area contributed by atoms with Crippen molar-refractivity contribution in [1.82, 2.24) is 0 Å². The summed E-state index contributed by atoms with van der Waals surface area (Å²) in [5, 5.41) is 6.30. The van der Waals surface area contributed by atoms with Crippen LogP contribution in [0.1, 0.15) is 22.8 Å². The smallest absolute Gasteiger partial charge is 0.175 e. The van der Waals surface area contributed by atoms with Crippen molar-refractivity contribution in [2.24, 2.45) is 0 Å². The fraction of sp³-hybridized carbons (Fsp3) is 0.125. The van der Waals surface area contributed by atoms with Crippen LogP contribution in [0.2, 0.25) is 0 Å². The maximum Gasteiger partial charge on any atom is 0.175 e. The monoisotopic (exact) mass is 302 g/mol. The van der Waals surface area contributed by atoms with E-state index in [1.165, 1.54) is 13.0 Å². The first kappa shape index (κ1) is 15.1. The number of benzene rings is 2. The summed E-state index contributed by atoms with van der Waals surface area (Å²) < 4.78 is 13.4. The van der Waals surface area contributed by atoms with Crippen molar-refractivity contribution >= 4 is 34.5 Å². The normalized spacial score (nSPS) is 10.0. The highest BCUT2D eigenvalue weighted by molar-refractivity contribution is 7.80. The first-order valence-electron chi connectivity index (χ1n) is 6.41. The highest BCUT2D eigenvalue weighted by Crippen LogP contribution is 2.18. The van der Waals surface area contributed by atoms with Crippen LogP contribution in [0.25, 0.3) is 0 Å². The summed E-state index contributed by atoms with van der Waals surface area (Å²) in [7, 11) is 0. The molecule has 0 amide bonds. The molecule has 0 radical (unpaired) electrons. The van der Waals surface area contributed by atoms with Crippen molar-refractivity contribution in [2.45, 2.75) is 13.8 Å². The molecule has 0 bridgehead atoms. The zero-order chi connectivity index (χ0) is 15.4. The zero-order valence-electron chi connectivity index (χ0n) is 11.7. The van der Waals surface area contributed by atoms with Gasteiger partial charge < -0.3 is 10.6 Å². The minimum absolute atomic E-state index is 0.0117. The molecule has 0 aliphatic carbocycles. The van der Waals surface area contributed by atoms with E-state index in [2.05, 4.69) is 10.6 Å². The first-order valence-corrected chi connectivity index (χ1v) is 6.82. The fourth-order valence-corrected chi connectivity index (χ4v) is 2.04. The molecule has 0 aromatic heterocycles. The molecular formula is C16H15FN2OS. The van der Waals surface area contributed by atoms with Crippen molar-refractivity contribution in [2.75, 3.05) is 10.6 Å². The number of anilines is 2. The van der Waals surface area contributed by atoms with Crippen LogP contribution in [0.15, 0.2) is 42.5 Å². The van der Waals surface area contributed by atoms with Crippen molar-refractivity contribution < 1.29 is 9.18 Å². The molecule has 0 aliphatic rings. The van der Waals surface area contributed by atoms with Crippen LogP contribution in [0, 0.1) is 12.7 Å². The molecule has 2 N–H and O–H groups in total. The predicted molar refractivity (Wildman–Crippen MR) is 87.4 cm³/mol. The molecule has 108 valence electrons. The third kappa shape index (κ3) is 3.86. The van der Waals surface area contributed by atoms with Gasteiger partial charge >= 0.3 is 0 Å². The van der Waals surface area contributed by atoms with Gasteiger partial charge in [-0.1, -0.05) is 6.07 Å². The number of halogens is 1. The average Bonchev–Trinajstić information content (AvgIpc) is 2.44. The van der Waals surface area contributed by atoms with E-state index >= 15 is 0 Å². The van der Waals surface area contributed by atoms with Crippen LogP contribution in [-0.2, 0) is 0 Å². The lowest BCUT2D eigenvalue weighted by Gasteiger charge is -2.13. The quantitative estimate of drug-likeness (QED) is 0.660. The summed E-state index contributed by atoms with van der Waals surface area (Å²) in [6.45, 7) is 3.20. The Morgan fingerprint density at radius 1 is 1.10 bits per heavy atom. The SMILES string of the molecule is CC(=O)c1ccc(NC(=S)Nc2cccc(F)c2C)cc1. The molecule has 2 aromatic carbocycles. The average molecular weight is 302 g/mol. The molecule has 0 saturated heterocycles. The number of rotatable bonds is 3. The molecule has 5 heteroatoms. The molecule has 0 fully saturated rings. The molecule has 0 unspecified atom stereocenters. The Hall–Kier alpha value is -2.27. The predicted octanol–water partition coefficient (Wildman–Crippen LogP) is 4.15. The molecule has 0 saturated carbocycles. The lowest BCUT2D eigenvalue weighted by molar-refractivity contribution is 0.101. The Morgan fingerprint density at radius 3 is 2.38 bits per heavy atom. The van der Waals surface area contributed by atoms with Crippen LogP contribution in [-0.4, -0.2) is 10.9 Å². The number of nitrogens with one attached hydrogen (secondary N) is 2. The van der Waals surface area contributed by atoms with E-state index in [4.69, 9.17) is 12.2 Å². The summed E-state index contributed by atoms with van der Waals surface area (Å²) in [6.07, 6.45) is 0. The Labute approximate surface area is 128 Å². The number of carbonyl (C=O) groups excluding carboxylic acids is 1. The highest BCUT2D eigenvalue weighted by atomic mass is 32.1. The van der Waals surface area contributed by atoms with Gasteiger partial charge in [0.2, 0.25) is 0 Å². The maximum atomic E-state index is 13.4. The molecule has 3 nitrogen and oxygen atoms in total. The summed E-state index contributed by atoms with van der Waals surface area (Å²) in [5.41, 5.74) is 2.52. The molecule has 0 spiro atoms. The molecule has 0 heterocycles. The van der Waals surface area contributed by atoms with Crippen LogP contribution < -0.4 is 10.6 Å². The van der Waals surface area contributed by atoms with Crippen molar-refractivity contribution in [3.8, 4) is 0 Å². The minimum Gasteiger partial charge on any atom is -0.332 e. The van der Waals surface area contributed by atoms with Gasteiger partial charge in [0.1, 0.15) is 5.82 Å². The number of carbonyl (C=O) groups is 1. The fourth-order valence-electron chi connectivity index (χ4n) is 1.82. The van der Waals surface area contributed by atoms with E-state index in [9.17, 15) is 9.18 Å². The number of Topliss-reactive ketones (excluding diaryl/α,β-unsaturated/α-hetero) is 1. The largest absolute Gasteiger partial charge is 0.332 e. The van der Waals surface area contributed by atoms with Gasteiger partial charge in [-0.2, -0.15) is 0 Å². The summed E-state index contributed by atoms with van der Waals surface area (Å²) in [5.74, 6) is -0.272. The number of ketones is 1. The van der Waals surface area contributed by atoms with Gasteiger partial charge in [0.25, 0.3) is 0 Å². The van der Waals surface area contributed by atoms with E-state index in [1.807, 2.05) is 0 Å². The third-order valence-electron chi connectivity index (χ3n) is 3.07. The zero-order valence-corrected chi connectivity index (χ0v) is 12.6. The lowest BCUT2D eigenvalue weighted by atomic mass is 10.1. The second kappa shape index (κ2) is 6.45. The van der Waals surface area contributed by atoms with Crippen molar-refractivity contribution in [1.29, 1.82) is 0 Å². The minimum atomic E-state index is -0.284. The van der Waals surface area contributed by atoms with E-state index in [-0.39, 0.29) is 11.6 Å². The molecule has 21 heavy (non-hydrogen) atoms. The van der Waals surface area contributed by atoms with Crippen LogP contribution in [0.4, 0.5) is 15.8 Å². The van der Waals surface area contributed by atoms with E-state index in [1.54, 1.807) is 43.3 Å². The van der Waals surface area contributed by atoms with Gasteiger partial charge in [0.15, 0.2) is 10.9 Å². The van der Waals surface area contributed by atoms with Gasteiger partial charge in [-0.05, 0) is 62.5 Å². The Bertz CT molecular complexity index is 683. The Balaban J connectivity index is 2.04. The van der Waals surface area contributed by atoms with Gasteiger partial charge in [0.05, 0.1) is 0 Å². The van der Waals surface area contributed by atoms with E-state index < -0.39 is 0 Å². The van der Waals surface area contributed by atoms with E-state index in [0.717, 1.165) is 5.69 Å². The summed E-state index contributed by atoms with van der Waals surface area (Å²) >= 11 is 5.19. The molecule has 0 atom stereocenters. The molecule has 2 aromatic rings. The van der Waals surface area contributed by atoms with Gasteiger partial charge in [-0.25, -0.2) is 4.39 Å². The molecule has 0 aliphatic heterocycles. The number of hydrogen-bond donors (Lipinski definition) is 2. The lowest BCUT2D eigenvalue weighted by Crippen LogP contribution is -2.19. The van der Waals surface area contributed by atoms with Crippen molar-refractivity contribution in [3.63, 3.8) is 0 Å². The second-order valence-corrected chi connectivity index (χ2v) is 5.03. The molecular weight excluding hydrogens is 287 g/mol. The van der Waals surface area contributed by atoms with Crippen molar-refractivity contribution in [3.05, 3.63) is 59.4 Å². The standard InChI is InChI=1S/C16H15FN2OS/c1-10-14(17)4-3-5-15(10)19-16(21)18-13-8-6-12(7-9-13)11(2)20/h3-9H,1-2H3,(H2,18,19,21). The van der Waals surface area contributed by atoms with Gasteiger partial charge in [-0.3, -0.25) is 4.79 Å². The highest BCUT2D eigenvalue weighted by Gasteiger charge is 2.05. The topological polar surface area (TPSA) is 41.1 Å². The Kier molecular flexibility index (Phi) is 4.65. The number of thiocarbonyl (C=S) groups is 1. The number of hydrogen-bond acceptors (Lipinski definition) is 2. The van der Waals surface area contributed by atoms with E-state index in [0.29, 0.717) is 21.9 Å². The maximum absolute atomic E-state index is 13.4. The second-order valence-electron chi connectivity index (χ2n) is 4.63. The third-order valence-corrected chi connectivity index (χ3v) is 3.27. The van der Waals surface area contributed by atoms with Crippen LogP contribution >= 0.6 is 12.2 Å². The van der Waals surface area contributed by atoms with Crippen LogP contribution in [0.5, 0.6) is 0 Å². The Morgan fingerprint density at radius 2 is 1.76 bits per heavy atom. The van der Waals surface area contributed by atoms with Gasteiger partial charge in [0, 0.05) is 22.5 Å².